The van der Waals surface area contributed by atoms with Crippen LogP contribution in [0, 0.1) is 11.6 Å². The molecule has 0 aromatic heterocycles. The first kappa shape index (κ1) is 35.4. The molecule has 0 saturated heterocycles. The van der Waals surface area contributed by atoms with Crippen LogP contribution in [0.15, 0.2) is 106 Å². The molecule has 2 N–H and O–H groups in total. The van der Waals surface area contributed by atoms with E-state index < -0.39 is 29.2 Å². The highest BCUT2D eigenvalue weighted by Crippen LogP contribution is 2.44. The minimum absolute atomic E-state index is 0.000527. The number of ether oxygens (including phenoxy) is 2. The Morgan fingerprint density at radius 3 is 2.24 bits per heavy atom. The van der Waals surface area contributed by atoms with Crippen LogP contribution in [0.25, 0.3) is 20.9 Å². The first-order valence-corrected chi connectivity index (χ1v) is 15.9. The summed E-state index contributed by atoms with van der Waals surface area (Å²) in [5, 5.41) is 19.5. The van der Waals surface area contributed by atoms with Gasteiger partial charge in [0.2, 0.25) is 5.90 Å². The zero-order valence-corrected chi connectivity index (χ0v) is 27.0. The number of hydrogen-bond donors (Lipinski definition) is 2. The van der Waals surface area contributed by atoms with Crippen LogP contribution in [0.1, 0.15) is 45.9 Å². The minimum Gasteiger partial charge on any atom is -0.494 e. The first-order chi connectivity index (χ1) is 24.4. The van der Waals surface area contributed by atoms with E-state index in [1.54, 1.807) is 66.7 Å². The monoisotopic (exact) mass is 680 g/mol. The molecule has 0 spiro atoms. The minimum atomic E-state index is -1.66. The molecule has 0 unspecified atom stereocenters. The number of rotatable bonds is 16. The normalized spacial score (nSPS) is 16.4. The largest absolute Gasteiger partial charge is 0.494 e. The molecule has 0 saturated carbocycles. The number of aliphatic imine (C=N–C) groups is 1. The van der Waals surface area contributed by atoms with Crippen molar-refractivity contribution in [1.82, 2.24) is 5.32 Å². The third-order valence-corrected chi connectivity index (χ3v) is 8.18. The van der Waals surface area contributed by atoms with E-state index in [9.17, 15) is 13.6 Å². The molecule has 4 aromatic rings. The SMILES string of the molecule is [N-]=[N+]=NCc1ccccc1C[C@@]1(C(=O)NCCc2cc(F)cc(F)c2)N=C(c2ccc(OCCCO)cc2)O[C@@H]1c1ccccc1CN=[N+]=[N-]. The molecule has 50 heavy (non-hydrogen) atoms. The van der Waals surface area contributed by atoms with Gasteiger partial charge < -0.3 is 19.9 Å². The van der Waals surface area contributed by atoms with Crippen LogP contribution in [0.5, 0.6) is 5.75 Å². The number of aliphatic hydroxyl groups is 1. The molecule has 1 aliphatic heterocycles. The van der Waals surface area contributed by atoms with Gasteiger partial charge in [-0.1, -0.05) is 58.8 Å². The van der Waals surface area contributed by atoms with E-state index >= 15 is 0 Å². The summed E-state index contributed by atoms with van der Waals surface area (Å²) < 4.78 is 40.1. The predicted molar refractivity (Wildman–Crippen MR) is 182 cm³/mol. The van der Waals surface area contributed by atoms with E-state index in [0.717, 1.165) is 6.07 Å². The summed E-state index contributed by atoms with van der Waals surface area (Å²) in [5.74, 6) is -1.22. The van der Waals surface area contributed by atoms with Gasteiger partial charge in [-0.15, -0.1) is 0 Å². The molecule has 1 aliphatic rings. The molecule has 0 aliphatic carbocycles. The molecule has 4 aromatic carbocycles. The summed E-state index contributed by atoms with van der Waals surface area (Å²) in [7, 11) is 0. The quantitative estimate of drug-likeness (QED) is 0.0550. The van der Waals surface area contributed by atoms with E-state index in [0.29, 0.717) is 52.2 Å². The Labute approximate surface area is 286 Å². The highest BCUT2D eigenvalue weighted by atomic mass is 19.1. The lowest BCUT2D eigenvalue weighted by molar-refractivity contribution is -0.128. The van der Waals surface area contributed by atoms with Crippen molar-refractivity contribution in [2.24, 2.45) is 15.2 Å². The number of carbonyl (C=O) groups excluding carboxylic acids is 1. The Morgan fingerprint density at radius 2 is 1.56 bits per heavy atom. The second-order valence-electron chi connectivity index (χ2n) is 11.5. The Bertz CT molecular complexity index is 1920. The molecule has 0 fully saturated rings. The number of amides is 1. The van der Waals surface area contributed by atoms with E-state index in [4.69, 9.17) is 30.6 Å². The Kier molecular flexibility index (Phi) is 12.0. The summed E-state index contributed by atoms with van der Waals surface area (Å²) in [5.41, 5.74) is 20.0. The fourth-order valence-corrected chi connectivity index (χ4v) is 5.81. The number of azide groups is 2. The van der Waals surface area contributed by atoms with Crippen molar-refractivity contribution in [2.75, 3.05) is 19.8 Å². The Hall–Kier alpha value is -5.94. The average Bonchev–Trinajstić information content (AvgIpc) is 3.50. The summed E-state index contributed by atoms with van der Waals surface area (Å²) in [6.07, 6.45) is -0.405. The average molecular weight is 681 g/mol. The third-order valence-electron chi connectivity index (χ3n) is 8.18. The number of aliphatic hydroxyl groups excluding tert-OH is 1. The predicted octanol–water partition coefficient (Wildman–Crippen LogP) is 7.21. The van der Waals surface area contributed by atoms with Crippen molar-refractivity contribution in [2.45, 2.75) is 44.0 Å². The highest BCUT2D eigenvalue weighted by Gasteiger charge is 2.54. The number of hydrogen-bond acceptors (Lipinski definition) is 7. The number of nitrogens with zero attached hydrogens (tertiary/aromatic N) is 7. The zero-order valence-electron chi connectivity index (χ0n) is 27.0. The van der Waals surface area contributed by atoms with Crippen molar-refractivity contribution in [1.29, 1.82) is 0 Å². The molecule has 5 rings (SSSR count). The fourth-order valence-electron chi connectivity index (χ4n) is 5.81. The molecular weight excluding hydrogens is 646 g/mol. The Balaban J connectivity index is 1.61. The van der Waals surface area contributed by atoms with E-state index in [1.165, 1.54) is 12.1 Å². The van der Waals surface area contributed by atoms with E-state index in [2.05, 4.69) is 25.4 Å². The molecule has 12 nitrogen and oxygen atoms in total. The fraction of sp³-hybridized carbons (Fsp3) is 0.278. The second kappa shape index (κ2) is 16.9. The van der Waals surface area contributed by atoms with Gasteiger partial charge in [0.15, 0.2) is 11.6 Å². The molecule has 14 heteroatoms. The van der Waals surface area contributed by atoms with Gasteiger partial charge in [0.1, 0.15) is 17.4 Å². The molecule has 0 radical (unpaired) electrons. The topological polar surface area (TPSA) is 178 Å². The summed E-state index contributed by atoms with van der Waals surface area (Å²) >= 11 is 0. The van der Waals surface area contributed by atoms with Crippen LogP contribution in [-0.2, 0) is 35.5 Å². The lowest BCUT2D eigenvalue weighted by Gasteiger charge is -2.32. The van der Waals surface area contributed by atoms with Crippen LogP contribution < -0.4 is 10.1 Å². The van der Waals surface area contributed by atoms with Gasteiger partial charge >= 0.3 is 0 Å². The third kappa shape index (κ3) is 8.55. The van der Waals surface area contributed by atoms with Gasteiger partial charge in [-0.2, -0.15) is 0 Å². The number of benzene rings is 4. The van der Waals surface area contributed by atoms with Gasteiger partial charge in [-0.3, -0.25) is 4.79 Å². The maximum absolute atomic E-state index is 14.7. The summed E-state index contributed by atoms with van der Waals surface area (Å²) in [4.78, 5) is 25.5. The van der Waals surface area contributed by atoms with Gasteiger partial charge in [0.05, 0.1) is 19.7 Å². The lowest BCUT2D eigenvalue weighted by Crippen LogP contribution is -2.50. The first-order valence-electron chi connectivity index (χ1n) is 15.9. The van der Waals surface area contributed by atoms with E-state index in [-0.39, 0.29) is 45.0 Å². The molecule has 2 atom stereocenters. The number of carbonyl (C=O) groups is 1. The molecule has 256 valence electrons. The summed E-state index contributed by atoms with van der Waals surface area (Å²) in [6, 6.07) is 24.5. The number of nitrogens with one attached hydrogen (secondary N) is 1. The molecule has 0 bridgehead atoms. The number of halogens is 2. The lowest BCUT2D eigenvalue weighted by atomic mass is 9.79. The van der Waals surface area contributed by atoms with Crippen LogP contribution in [0.3, 0.4) is 0 Å². The van der Waals surface area contributed by atoms with Crippen molar-refractivity contribution in [3.63, 3.8) is 0 Å². The molecule has 1 amide bonds. The van der Waals surface area contributed by atoms with Crippen LogP contribution in [0.4, 0.5) is 8.78 Å². The maximum Gasteiger partial charge on any atom is 0.252 e. The smallest absolute Gasteiger partial charge is 0.252 e. The van der Waals surface area contributed by atoms with E-state index in [1.807, 2.05) is 6.07 Å². The van der Waals surface area contributed by atoms with Crippen LogP contribution in [-0.4, -0.2) is 42.2 Å². The van der Waals surface area contributed by atoms with Gasteiger partial charge in [-0.25, -0.2) is 13.8 Å². The van der Waals surface area contributed by atoms with Crippen molar-refractivity contribution in [3.8, 4) is 5.75 Å². The molecule has 1 heterocycles. The van der Waals surface area contributed by atoms with Crippen molar-refractivity contribution < 1.29 is 28.2 Å². The van der Waals surface area contributed by atoms with Crippen LogP contribution >= 0.6 is 0 Å². The maximum atomic E-state index is 14.7. The zero-order chi connectivity index (χ0) is 35.3. The van der Waals surface area contributed by atoms with Gasteiger partial charge in [0, 0.05) is 47.4 Å². The summed E-state index contributed by atoms with van der Waals surface area (Å²) in [6.45, 7) is 0.376. The second-order valence-corrected chi connectivity index (χ2v) is 11.5. The van der Waals surface area contributed by atoms with Crippen molar-refractivity contribution >= 4 is 11.8 Å². The highest BCUT2D eigenvalue weighted by molar-refractivity contribution is 6.01. The standard InChI is InChI=1S/C36H34F2N8O4/c37-29-18-24(19-30(38)20-29)14-15-41-35(48)36(21-26-6-1-2-7-27(26)22-42-45-39)33(32-9-4-3-8-28(32)23-43-46-40)50-34(44-36)25-10-12-31(13-11-25)49-17-5-16-47/h1-4,6-13,18-20,33,47H,5,14-17,21-23H2,(H,41,48)/t33-,36-/m1/s1. The van der Waals surface area contributed by atoms with Crippen molar-refractivity contribution in [3.05, 3.63) is 157 Å². The van der Waals surface area contributed by atoms with Crippen LogP contribution in [0.2, 0.25) is 0 Å². The van der Waals surface area contributed by atoms with Gasteiger partial charge in [-0.05, 0) is 81.7 Å². The molecular formula is C36H34F2N8O4. The Morgan fingerprint density at radius 1 is 0.920 bits per heavy atom. The van der Waals surface area contributed by atoms with Gasteiger partial charge in [0.25, 0.3) is 5.91 Å².